The van der Waals surface area contributed by atoms with Crippen LogP contribution in [0.25, 0.3) is 0 Å². The first-order valence-corrected chi connectivity index (χ1v) is 10.5. The van der Waals surface area contributed by atoms with Crippen molar-refractivity contribution in [1.82, 2.24) is 14.9 Å². The molecule has 0 fully saturated rings. The number of hydrogen-bond acceptors (Lipinski definition) is 5. The molecule has 0 N–H and O–H groups in total. The number of benzene rings is 2. The third kappa shape index (κ3) is 5.43. The van der Waals surface area contributed by atoms with Crippen LogP contribution in [0.1, 0.15) is 30.3 Å². The van der Waals surface area contributed by atoms with Crippen molar-refractivity contribution in [3.05, 3.63) is 70.0 Å². The number of ether oxygens (including phenoxy) is 1. The van der Waals surface area contributed by atoms with E-state index in [-0.39, 0.29) is 0 Å². The number of aromatic nitrogens is 3. The molecule has 7 heteroatoms. The first-order chi connectivity index (χ1) is 13.2. The van der Waals surface area contributed by atoms with Gasteiger partial charge < -0.3 is 4.74 Å². The van der Waals surface area contributed by atoms with Crippen molar-refractivity contribution in [3.63, 3.8) is 0 Å². The van der Waals surface area contributed by atoms with E-state index < -0.39 is 0 Å². The van der Waals surface area contributed by atoms with Crippen LogP contribution in [0.3, 0.4) is 0 Å². The molecule has 0 amide bonds. The topological polar surface area (TPSA) is 52.3 Å². The Morgan fingerprint density at radius 2 is 1.85 bits per heavy atom. The van der Waals surface area contributed by atoms with E-state index in [9.17, 15) is 0 Å². The molecule has 3 aromatic rings. The number of hydrogen-bond donors (Lipinski definition) is 0. The molecular weight excluding hydrogens is 424 g/mol. The van der Waals surface area contributed by atoms with E-state index in [1.165, 1.54) is 5.56 Å². The minimum Gasteiger partial charge on any atom is -0.497 e. The molecule has 0 aliphatic rings. The zero-order valence-corrected chi connectivity index (χ0v) is 17.7. The molecule has 0 saturated carbocycles. The van der Waals surface area contributed by atoms with Crippen LogP contribution >= 0.6 is 27.7 Å². The summed E-state index contributed by atoms with van der Waals surface area (Å²) in [6.07, 6.45) is 3.66. The summed E-state index contributed by atoms with van der Waals surface area (Å²) in [7, 11) is 1.66. The van der Waals surface area contributed by atoms with Gasteiger partial charge in [-0.2, -0.15) is 9.78 Å². The van der Waals surface area contributed by atoms with Crippen molar-refractivity contribution in [2.24, 2.45) is 5.10 Å². The van der Waals surface area contributed by atoms with Gasteiger partial charge in [-0.15, -0.1) is 10.2 Å². The Morgan fingerprint density at radius 1 is 1.11 bits per heavy atom. The lowest BCUT2D eigenvalue weighted by Crippen LogP contribution is -2.00. The molecule has 0 spiro atoms. The molecular formula is C20H21BrN4OS. The molecule has 1 heterocycles. The van der Waals surface area contributed by atoms with E-state index in [1.807, 2.05) is 47.3 Å². The van der Waals surface area contributed by atoms with Crippen LogP contribution in [0.4, 0.5) is 0 Å². The molecule has 0 atom stereocenters. The molecule has 140 valence electrons. The van der Waals surface area contributed by atoms with Crippen molar-refractivity contribution >= 4 is 33.9 Å². The normalized spacial score (nSPS) is 11.2. The first-order valence-electron chi connectivity index (χ1n) is 8.69. The van der Waals surface area contributed by atoms with Gasteiger partial charge in [0.05, 0.1) is 13.3 Å². The Hall–Kier alpha value is -2.12. The van der Waals surface area contributed by atoms with Crippen LogP contribution in [0, 0.1) is 0 Å². The van der Waals surface area contributed by atoms with E-state index in [1.54, 1.807) is 18.9 Å². The Balaban J connectivity index is 1.77. The second-order valence-electron chi connectivity index (χ2n) is 5.89. The monoisotopic (exact) mass is 444 g/mol. The minimum absolute atomic E-state index is 0.797. The summed E-state index contributed by atoms with van der Waals surface area (Å²) >= 11 is 5.10. The summed E-state index contributed by atoms with van der Waals surface area (Å²) in [5, 5.41) is 14.1. The third-order valence-corrected chi connectivity index (χ3v) is 5.39. The number of halogens is 1. The lowest BCUT2D eigenvalue weighted by atomic mass is 10.2. The van der Waals surface area contributed by atoms with E-state index >= 15 is 0 Å². The van der Waals surface area contributed by atoms with Gasteiger partial charge in [-0.3, -0.25) is 0 Å². The van der Waals surface area contributed by atoms with Gasteiger partial charge in [-0.25, -0.2) is 0 Å². The Kier molecular flexibility index (Phi) is 7.06. The fourth-order valence-corrected chi connectivity index (χ4v) is 3.55. The smallest absolute Gasteiger partial charge is 0.212 e. The van der Waals surface area contributed by atoms with Crippen LogP contribution in [0.15, 0.2) is 63.3 Å². The standard InChI is InChI=1S/C20H21BrN4OS/c1-3-4-19-23-24-20(27-14-16-5-9-17(21)10-6-16)25(19)22-13-15-7-11-18(26-2)12-8-15/h5-13H,3-4,14H2,1-2H3/b22-13-. The van der Waals surface area contributed by atoms with Gasteiger partial charge in [-0.1, -0.05) is 46.7 Å². The molecule has 0 bridgehead atoms. The maximum atomic E-state index is 5.20. The summed E-state index contributed by atoms with van der Waals surface area (Å²) in [5.74, 6) is 2.52. The Morgan fingerprint density at radius 3 is 2.52 bits per heavy atom. The highest BCUT2D eigenvalue weighted by Gasteiger charge is 2.11. The molecule has 0 unspecified atom stereocenters. The van der Waals surface area contributed by atoms with Crippen molar-refractivity contribution in [3.8, 4) is 5.75 Å². The molecule has 1 aromatic heterocycles. The van der Waals surface area contributed by atoms with Crippen molar-refractivity contribution < 1.29 is 4.74 Å². The maximum absolute atomic E-state index is 5.20. The van der Waals surface area contributed by atoms with Crippen LogP contribution in [0.2, 0.25) is 0 Å². The molecule has 0 aliphatic carbocycles. The summed E-state index contributed by atoms with van der Waals surface area (Å²) in [6.45, 7) is 2.13. The SMILES string of the molecule is CCCc1nnc(SCc2ccc(Br)cc2)n1/N=C\c1ccc(OC)cc1. The predicted molar refractivity (Wildman–Crippen MR) is 114 cm³/mol. The van der Waals surface area contributed by atoms with Gasteiger partial charge in [0.15, 0.2) is 5.82 Å². The second-order valence-corrected chi connectivity index (χ2v) is 7.75. The average Bonchev–Trinajstić information content (AvgIpc) is 3.08. The largest absolute Gasteiger partial charge is 0.497 e. The second kappa shape index (κ2) is 9.71. The summed E-state index contributed by atoms with van der Waals surface area (Å²) < 4.78 is 8.12. The molecule has 0 saturated heterocycles. The van der Waals surface area contributed by atoms with Gasteiger partial charge in [0.2, 0.25) is 5.16 Å². The van der Waals surface area contributed by atoms with Crippen LogP contribution < -0.4 is 4.74 Å². The maximum Gasteiger partial charge on any atom is 0.212 e. The number of nitrogens with zero attached hydrogens (tertiary/aromatic N) is 4. The highest BCUT2D eigenvalue weighted by molar-refractivity contribution is 9.10. The Labute approximate surface area is 172 Å². The lowest BCUT2D eigenvalue weighted by molar-refractivity contribution is 0.415. The van der Waals surface area contributed by atoms with Crippen LogP contribution in [-0.2, 0) is 12.2 Å². The zero-order valence-electron chi connectivity index (χ0n) is 15.3. The van der Waals surface area contributed by atoms with Crippen LogP contribution in [-0.4, -0.2) is 28.2 Å². The van der Waals surface area contributed by atoms with Gasteiger partial charge in [0.25, 0.3) is 0 Å². The van der Waals surface area contributed by atoms with Gasteiger partial charge in [0.1, 0.15) is 5.75 Å². The quantitative estimate of drug-likeness (QED) is 0.354. The van der Waals surface area contributed by atoms with Gasteiger partial charge in [0, 0.05) is 16.6 Å². The number of aryl methyl sites for hydroxylation is 1. The highest BCUT2D eigenvalue weighted by atomic mass is 79.9. The molecule has 2 aromatic carbocycles. The van der Waals surface area contributed by atoms with E-state index in [4.69, 9.17) is 4.74 Å². The number of thioether (sulfide) groups is 1. The van der Waals surface area contributed by atoms with Crippen molar-refractivity contribution in [1.29, 1.82) is 0 Å². The third-order valence-electron chi connectivity index (χ3n) is 3.87. The van der Waals surface area contributed by atoms with Crippen molar-refractivity contribution in [2.75, 3.05) is 7.11 Å². The average molecular weight is 445 g/mol. The molecule has 5 nitrogen and oxygen atoms in total. The Bertz CT molecular complexity index is 891. The fraction of sp³-hybridized carbons (Fsp3) is 0.250. The summed E-state index contributed by atoms with van der Waals surface area (Å²) in [4.78, 5) is 0. The number of methoxy groups -OCH3 is 1. The molecule has 0 radical (unpaired) electrons. The minimum atomic E-state index is 0.797. The molecule has 27 heavy (non-hydrogen) atoms. The van der Waals surface area contributed by atoms with Gasteiger partial charge >= 0.3 is 0 Å². The molecule has 3 rings (SSSR count). The van der Waals surface area contributed by atoms with E-state index in [2.05, 4.69) is 50.3 Å². The summed E-state index contributed by atoms with van der Waals surface area (Å²) in [6, 6.07) is 16.1. The zero-order chi connectivity index (χ0) is 19.1. The first kappa shape index (κ1) is 19.6. The van der Waals surface area contributed by atoms with E-state index in [0.717, 1.165) is 45.4 Å². The fourth-order valence-electron chi connectivity index (χ4n) is 2.42. The van der Waals surface area contributed by atoms with E-state index in [0.29, 0.717) is 0 Å². The van der Waals surface area contributed by atoms with Crippen LogP contribution in [0.5, 0.6) is 5.75 Å². The predicted octanol–water partition coefficient (Wildman–Crippen LogP) is 5.18. The van der Waals surface area contributed by atoms with Gasteiger partial charge in [-0.05, 0) is 53.9 Å². The summed E-state index contributed by atoms with van der Waals surface area (Å²) in [5.41, 5.74) is 2.23. The number of rotatable bonds is 8. The highest BCUT2D eigenvalue weighted by Crippen LogP contribution is 2.23. The molecule has 0 aliphatic heterocycles. The lowest BCUT2D eigenvalue weighted by Gasteiger charge is -2.05. The van der Waals surface area contributed by atoms with Crippen molar-refractivity contribution in [2.45, 2.75) is 30.7 Å².